The molecule has 0 saturated heterocycles. The smallest absolute Gasteiger partial charge is 0.0790 e. The van der Waals surface area contributed by atoms with E-state index in [0.717, 1.165) is 43.2 Å². The minimum atomic E-state index is -0.392. The van der Waals surface area contributed by atoms with Crippen LogP contribution in [-0.4, -0.2) is 21.7 Å². The van der Waals surface area contributed by atoms with Gasteiger partial charge in [0.15, 0.2) is 0 Å². The highest BCUT2D eigenvalue weighted by Crippen LogP contribution is 2.45. The molecule has 0 bridgehead atoms. The van der Waals surface area contributed by atoms with Gasteiger partial charge in [0.25, 0.3) is 0 Å². The van der Waals surface area contributed by atoms with Gasteiger partial charge in [0.2, 0.25) is 0 Å². The summed E-state index contributed by atoms with van der Waals surface area (Å²) in [6.07, 6.45) is 13.0. The third-order valence-electron chi connectivity index (χ3n) is 5.89. The molecule has 1 aliphatic carbocycles. The number of rotatable bonds is 11. The highest BCUT2D eigenvalue weighted by molar-refractivity contribution is 6.21. The number of halogens is 1. The first-order chi connectivity index (χ1) is 13.1. The van der Waals surface area contributed by atoms with Crippen molar-refractivity contribution in [1.29, 1.82) is 0 Å². The summed E-state index contributed by atoms with van der Waals surface area (Å²) in [6, 6.07) is 8.20. The fraction of sp³-hybridized carbons (Fsp3) is 0.667. The van der Waals surface area contributed by atoms with E-state index in [1.54, 1.807) is 0 Å². The Kier molecular flexibility index (Phi) is 9.89. The Morgan fingerprint density at radius 3 is 2.44 bits per heavy atom. The van der Waals surface area contributed by atoms with Crippen LogP contribution < -0.4 is 0 Å². The summed E-state index contributed by atoms with van der Waals surface area (Å²) in [4.78, 5) is 0. The molecule has 3 heteroatoms. The van der Waals surface area contributed by atoms with Crippen LogP contribution in [0.2, 0.25) is 0 Å². The van der Waals surface area contributed by atoms with Crippen LogP contribution >= 0.6 is 11.6 Å². The fourth-order valence-corrected chi connectivity index (χ4v) is 4.66. The zero-order valence-corrected chi connectivity index (χ0v) is 17.7. The number of benzene rings is 1. The van der Waals surface area contributed by atoms with Gasteiger partial charge in [0, 0.05) is 11.3 Å². The maximum Gasteiger partial charge on any atom is 0.0790 e. The topological polar surface area (TPSA) is 40.5 Å². The van der Waals surface area contributed by atoms with Crippen molar-refractivity contribution in [3.8, 4) is 0 Å². The van der Waals surface area contributed by atoms with E-state index in [4.69, 9.17) is 11.6 Å². The minimum absolute atomic E-state index is 0.0140. The number of aliphatic hydroxyl groups is 2. The molecule has 152 valence electrons. The number of allylic oxidation sites excluding steroid dienone is 2. The first-order valence-corrected chi connectivity index (χ1v) is 11.3. The van der Waals surface area contributed by atoms with E-state index in [9.17, 15) is 10.2 Å². The third kappa shape index (κ3) is 6.62. The molecule has 1 saturated carbocycles. The van der Waals surface area contributed by atoms with Crippen molar-refractivity contribution in [3.05, 3.63) is 47.5 Å². The third-order valence-corrected chi connectivity index (χ3v) is 6.40. The van der Waals surface area contributed by atoms with Gasteiger partial charge in [-0.15, -0.1) is 11.6 Å². The Morgan fingerprint density at radius 2 is 1.78 bits per heavy atom. The number of aliphatic hydroxyl groups excluding tert-OH is 2. The maximum absolute atomic E-state index is 10.6. The lowest BCUT2D eigenvalue weighted by Crippen LogP contribution is -2.18. The van der Waals surface area contributed by atoms with Crippen LogP contribution in [-0.2, 0) is 0 Å². The lowest BCUT2D eigenvalue weighted by atomic mass is 9.84. The fourth-order valence-electron chi connectivity index (χ4n) is 4.21. The highest BCUT2D eigenvalue weighted by atomic mass is 35.5. The first kappa shape index (κ1) is 22.5. The van der Waals surface area contributed by atoms with E-state index in [1.807, 2.05) is 12.1 Å². The Bertz CT molecular complexity index is 554. The summed E-state index contributed by atoms with van der Waals surface area (Å²) in [6.45, 7) is 4.38. The van der Waals surface area contributed by atoms with Gasteiger partial charge >= 0.3 is 0 Å². The molecule has 1 fully saturated rings. The standard InChI is InChI=1S/C24H37ClO2/c1-3-5-7-8-10-11-20-21(25)17-23(27)24(20)19-15-13-18(14-16-19)22(26)12-9-6-4-2/h8,10,13-16,20-24,26-27H,3-7,9,11-12,17H2,1-2H3/b10-8-/t20?,21-,22?,23+,24+/m0/s1. The second-order valence-electron chi connectivity index (χ2n) is 8.04. The Labute approximate surface area is 170 Å². The predicted octanol–water partition coefficient (Wildman–Crippen LogP) is 6.51. The summed E-state index contributed by atoms with van der Waals surface area (Å²) < 4.78 is 0. The van der Waals surface area contributed by atoms with Crippen LogP contribution in [0.3, 0.4) is 0 Å². The van der Waals surface area contributed by atoms with Gasteiger partial charge in [-0.1, -0.05) is 82.4 Å². The molecule has 2 N–H and O–H groups in total. The molecule has 0 aromatic heterocycles. The summed E-state index contributed by atoms with van der Waals surface area (Å²) in [5, 5.41) is 21.0. The van der Waals surface area contributed by atoms with Gasteiger partial charge in [-0.2, -0.15) is 0 Å². The zero-order chi connectivity index (χ0) is 19.6. The molecular weight excluding hydrogens is 356 g/mol. The van der Waals surface area contributed by atoms with Crippen molar-refractivity contribution in [1.82, 2.24) is 0 Å². The van der Waals surface area contributed by atoms with E-state index in [2.05, 4.69) is 38.1 Å². The molecule has 27 heavy (non-hydrogen) atoms. The normalized spacial score (nSPS) is 26.7. The van der Waals surface area contributed by atoms with Crippen LogP contribution in [0.4, 0.5) is 0 Å². The molecule has 0 aliphatic heterocycles. The Morgan fingerprint density at radius 1 is 1.07 bits per heavy atom. The average molecular weight is 393 g/mol. The van der Waals surface area contributed by atoms with E-state index in [1.165, 1.54) is 19.3 Å². The minimum Gasteiger partial charge on any atom is -0.392 e. The lowest BCUT2D eigenvalue weighted by Gasteiger charge is -2.23. The second kappa shape index (κ2) is 11.9. The zero-order valence-electron chi connectivity index (χ0n) is 17.0. The monoisotopic (exact) mass is 392 g/mol. The summed E-state index contributed by atoms with van der Waals surface area (Å²) in [7, 11) is 0. The molecule has 2 unspecified atom stereocenters. The van der Waals surface area contributed by atoms with E-state index in [0.29, 0.717) is 6.42 Å². The summed E-state index contributed by atoms with van der Waals surface area (Å²) in [5.74, 6) is 0.342. The van der Waals surface area contributed by atoms with Gasteiger partial charge in [-0.3, -0.25) is 0 Å². The van der Waals surface area contributed by atoms with Crippen LogP contribution in [0.25, 0.3) is 0 Å². The number of hydrogen-bond acceptors (Lipinski definition) is 2. The number of hydrogen-bond donors (Lipinski definition) is 2. The SMILES string of the molecule is CCCC/C=C\CC1[C@@H](c2ccc(C(O)CCCCC)cc2)[C@H](O)C[C@@H]1Cl. The van der Waals surface area contributed by atoms with Crippen molar-refractivity contribution >= 4 is 11.6 Å². The quantitative estimate of drug-likeness (QED) is 0.256. The lowest BCUT2D eigenvalue weighted by molar-refractivity contribution is 0.154. The van der Waals surface area contributed by atoms with Crippen molar-refractivity contribution in [2.75, 3.05) is 0 Å². The van der Waals surface area contributed by atoms with Crippen LogP contribution in [0.1, 0.15) is 94.8 Å². The van der Waals surface area contributed by atoms with Gasteiger partial charge < -0.3 is 10.2 Å². The molecule has 5 atom stereocenters. The molecule has 0 spiro atoms. The predicted molar refractivity (Wildman–Crippen MR) is 115 cm³/mol. The second-order valence-corrected chi connectivity index (χ2v) is 8.60. The van der Waals surface area contributed by atoms with Gasteiger partial charge in [0.1, 0.15) is 0 Å². The van der Waals surface area contributed by atoms with Crippen LogP contribution in [0, 0.1) is 5.92 Å². The molecule has 2 rings (SSSR count). The molecule has 1 aromatic rings. The summed E-state index contributed by atoms with van der Waals surface area (Å²) >= 11 is 6.58. The van der Waals surface area contributed by atoms with E-state index >= 15 is 0 Å². The molecule has 0 amide bonds. The molecule has 2 nitrogen and oxygen atoms in total. The van der Waals surface area contributed by atoms with E-state index in [-0.39, 0.29) is 23.3 Å². The summed E-state index contributed by atoms with van der Waals surface area (Å²) in [5.41, 5.74) is 2.11. The van der Waals surface area contributed by atoms with Gasteiger partial charge in [-0.05, 0) is 42.7 Å². The van der Waals surface area contributed by atoms with Crippen molar-refractivity contribution in [3.63, 3.8) is 0 Å². The largest absolute Gasteiger partial charge is 0.392 e. The molecular formula is C24H37ClO2. The average Bonchev–Trinajstić information content (AvgIpc) is 2.95. The molecule has 1 aliphatic rings. The maximum atomic E-state index is 10.6. The first-order valence-electron chi connectivity index (χ1n) is 10.8. The van der Waals surface area contributed by atoms with Crippen molar-refractivity contribution in [2.24, 2.45) is 5.92 Å². The molecule has 0 heterocycles. The number of alkyl halides is 1. The van der Waals surface area contributed by atoms with Crippen LogP contribution in [0.15, 0.2) is 36.4 Å². The molecule has 1 aromatic carbocycles. The molecule has 0 radical (unpaired) electrons. The van der Waals surface area contributed by atoms with Gasteiger partial charge in [-0.25, -0.2) is 0 Å². The van der Waals surface area contributed by atoms with Crippen LogP contribution in [0.5, 0.6) is 0 Å². The van der Waals surface area contributed by atoms with Crippen molar-refractivity contribution in [2.45, 2.75) is 95.1 Å². The van der Waals surface area contributed by atoms with Gasteiger partial charge in [0.05, 0.1) is 12.2 Å². The Hall–Kier alpha value is -0.830. The van der Waals surface area contributed by atoms with Crippen molar-refractivity contribution < 1.29 is 10.2 Å². The number of unbranched alkanes of at least 4 members (excludes halogenated alkanes) is 4. The van der Waals surface area contributed by atoms with E-state index < -0.39 is 6.10 Å². The highest BCUT2D eigenvalue weighted by Gasteiger charge is 2.41. The Balaban J connectivity index is 2.01.